The summed E-state index contributed by atoms with van der Waals surface area (Å²) in [4.78, 5) is 17.4. The van der Waals surface area contributed by atoms with E-state index < -0.39 is 20.4 Å². The van der Waals surface area contributed by atoms with Crippen LogP contribution in [0.3, 0.4) is 0 Å². The quantitative estimate of drug-likeness (QED) is 0.785. The number of halogens is 1. The van der Waals surface area contributed by atoms with Crippen molar-refractivity contribution in [1.82, 2.24) is 4.98 Å². The molecule has 28 heavy (non-hydrogen) atoms. The number of hydrogen-bond acceptors (Lipinski definition) is 5. The van der Waals surface area contributed by atoms with Crippen molar-refractivity contribution >= 4 is 32.2 Å². The second-order valence-electron chi connectivity index (χ2n) is 7.90. The molecule has 2 saturated carbocycles. The summed E-state index contributed by atoms with van der Waals surface area (Å²) in [6.07, 6.45) is 8.84. The van der Waals surface area contributed by atoms with Crippen LogP contribution in [-0.4, -0.2) is 25.6 Å². The molecule has 4 rings (SSSR count). The van der Waals surface area contributed by atoms with Crippen molar-refractivity contribution < 1.29 is 17.6 Å². The van der Waals surface area contributed by atoms with Gasteiger partial charge in [0.2, 0.25) is 5.91 Å². The second-order valence-corrected chi connectivity index (χ2v) is 10.9. The lowest BCUT2D eigenvalue weighted by atomic mass is 9.80. The summed E-state index contributed by atoms with van der Waals surface area (Å²) in [6.45, 7) is 0. The highest BCUT2D eigenvalue weighted by molar-refractivity contribution is 7.90. The number of aromatic nitrogens is 1. The van der Waals surface area contributed by atoms with E-state index in [9.17, 15) is 17.6 Å². The van der Waals surface area contributed by atoms with E-state index >= 15 is 0 Å². The SMILES string of the molecule is CS(=O)(=O)c1ccc([C@@]2(C(=O)Nc3ncc(F)s3)C[C@H]2C2CCCCC2)cc1. The first-order valence-electron chi connectivity index (χ1n) is 9.54. The Morgan fingerprint density at radius 1 is 1.21 bits per heavy atom. The van der Waals surface area contributed by atoms with E-state index in [1.165, 1.54) is 25.5 Å². The molecule has 0 radical (unpaired) electrons. The Kier molecular flexibility index (Phi) is 5.03. The molecule has 0 saturated heterocycles. The smallest absolute Gasteiger partial charge is 0.237 e. The molecule has 2 aromatic rings. The minimum absolute atomic E-state index is 0.176. The van der Waals surface area contributed by atoms with E-state index in [0.29, 0.717) is 5.92 Å². The summed E-state index contributed by atoms with van der Waals surface area (Å²) < 4.78 is 36.8. The van der Waals surface area contributed by atoms with Gasteiger partial charge in [0.25, 0.3) is 0 Å². The molecule has 1 heterocycles. The van der Waals surface area contributed by atoms with Gasteiger partial charge in [0.05, 0.1) is 16.5 Å². The third-order valence-electron chi connectivity index (χ3n) is 6.13. The van der Waals surface area contributed by atoms with Crippen LogP contribution in [0.4, 0.5) is 9.52 Å². The predicted molar refractivity (Wildman–Crippen MR) is 107 cm³/mol. The number of thiazole rings is 1. The summed E-state index contributed by atoms with van der Waals surface area (Å²) in [6, 6.07) is 6.64. The number of sulfone groups is 1. The van der Waals surface area contributed by atoms with Crippen molar-refractivity contribution in [3.63, 3.8) is 0 Å². The van der Waals surface area contributed by atoms with Crippen LogP contribution in [0.1, 0.15) is 44.1 Å². The van der Waals surface area contributed by atoms with Crippen molar-refractivity contribution in [2.75, 3.05) is 11.6 Å². The van der Waals surface area contributed by atoms with Crippen LogP contribution in [0.15, 0.2) is 35.4 Å². The first kappa shape index (κ1) is 19.5. The van der Waals surface area contributed by atoms with Crippen molar-refractivity contribution in [1.29, 1.82) is 0 Å². The highest BCUT2D eigenvalue weighted by Crippen LogP contribution is 2.61. The van der Waals surface area contributed by atoms with Gasteiger partial charge in [-0.2, -0.15) is 4.39 Å². The van der Waals surface area contributed by atoms with Gasteiger partial charge in [0.15, 0.2) is 20.1 Å². The molecular formula is C20H23FN2O3S2. The molecule has 8 heteroatoms. The number of nitrogens with zero attached hydrogens (tertiary/aromatic N) is 1. The number of anilines is 1. The van der Waals surface area contributed by atoms with Gasteiger partial charge in [-0.3, -0.25) is 4.79 Å². The van der Waals surface area contributed by atoms with Gasteiger partial charge in [-0.1, -0.05) is 55.6 Å². The Bertz CT molecular complexity index is 981. The topological polar surface area (TPSA) is 76.1 Å². The van der Waals surface area contributed by atoms with Crippen LogP contribution in [0.25, 0.3) is 0 Å². The van der Waals surface area contributed by atoms with E-state index in [4.69, 9.17) is 0 Å². The highest BCUT2D eigenvalue weighted by atomic mass is 32.2. The lowest BCUT2D eigenvalue weighted by Gasteiger charge is -2.25. The highest BCUT2D eigenvalue weighted by Gasteiger charge is 2.63. The summed E-state index contributed by atoms with van der Waals surface area (Å²) in [5, 5.41) is 2.60. The number of hydrogen-bond donors (Lipinski definition) is 1. The zero-order valence-corrected chi connectivity index (χ0v) is 17.3. The molecule has 2 aliphatic rings. The molecule has 5 nitrogen and oxygen atoms in total. The van der Waals surface area contributed by atoms with Crippen LogP contribution in [-0.2, 0) is 20.0 Å². The van der Waals surface area contributed by atoms with Crippen LogP contribution >= 0.6 is 11.3 Å². The minimum atomic E-state index is -3.30. The van der Waals surface area contributed by atoms with E-state index in [1.54, 1.807) is 24.3 Å². The summed E-state index contributed by atoms with van der Waals surface area (Å²) in [5.74, 6) is 0.535. The van der Waals surface area contributed by atoms with Crippen LogP contribution in [0.2, 0.25) is 0 Å². The lowest BCUT2D eigenvalue weighted by Crippen LogP contribution is -2.32. The predicted octanol–water partition coefficient (Wildman–Crippen LogP) is 4.16. The van der Waals surface area contributed by atoms with Crippen LogP contribution in [0.5, 0.6) is 0 Å². The number of rotatable bonds is 5. The molecule has 150 valence electrons. The fourth-order valence-electron chi connectivity index (χ4n) is 4.64. The first-order chi connectivity index (χ1) is 13.3. The molecule has 1 aromatic heterocycles. The zero-order valence-electron chi connectivity index (χ0n) is 15.7. The molecule has 0 unspecified atom stereocenters. The van der Waals surface area contributed by atoms with Gasteiger partial charge >= 0.3 is 0 Å². The van der Waals surface area contributed by atoms with Gasteiger partial charge in [0.1, 0.15) is 0 Å². The summed E-state index contributed by atoms with van der Waals surface area (Å²) in [7, 11) is -3.30. The van der Waals surface area contributed by atoms with E-state index in [1.807, 2.05) is 0 Å². The maximum absolute atomic E-state index is 13.3. The molecule has 0 spiro atoms. The standard InChI is InChI=1S/C20H23FN2O3S2/c1-28(25,26)15-9-7-14(8-10-15)20(11-16(20)13-5-3-2-4-6-13)18(24)23-19-22-12-17(21)27-19/h7-10,12-13,16H,2-6,11H2,1H3,(H,22,23,24)/t16-,20-/m0/s1. The number of amides is 1. The van der Waals surface area contributed by atoms with Crippen molar-refractivity contribution in [3.05, 3.63) is 41.2 Å². The molecular weight excluding hydrogens is 399 g/mol. The molecule has 1 N–H and O–H groups in total. The largest absolute Gasteiger partial charge is 0.301 e. The van der Waals surface area contributed by atoms with Gasteiger partial charge in [-0.05, 0) is 36.0 Å². The Morgan fingerprint density at radius 3 is 2.46 bits per heavy atom. The molecule has 1 amide bonds. The number of benzene rings is 1. The van der Waals surface area contributed by atoms with Crippen LogP contribution in [0, 0.1) is 17.0 Å². The van der Waals surface area contributed by atoms with E-state index in [0.717, 1.165) is 42.4 Å². The van der Waals surface area contributed by atoms with Crippen LogP contribution < -0.4 is 5.32 Å². The van der Waals surface area contributed by atoms with E-state index in [-0.39, 0.29) is 21.9 Å². The lowest BCUT2D eigenvalue weighted by molar-refractivity contribution is -0.119. The zero-order chi connectivity index (χ0) is 19.9. The van der Waals surface area contributed by atoms with Crippen molar-refractivity contribution in [2.24, 2.45) is 11.8 Å². The second kappa shape index (κ2) is 7.22. The Hall–Kier alpha value is -1.80. The first-order valence-corrected chi connectivity index (χ1v) is 12.2. The Balaban J connectivity index is 1.65. The molecule has 2 atom stereocenters. The molecule has 0 bridgehead atoms. The number of carbonyl (C=O) groups excluding carboxylic acids is 1. The minimum Gasteiger partial charge on any atom is -0.301 e. The van der Waals surface area contributed by atoms with Crippen molar-refractivity contribution in [2.45, 2.75) is 48.8 Å². The van der Waals surface area contributed by atoms with Gasteiger partial charge in [-0.25, -0.2) is 13.4 Å². The third kappa shape index (κ3) is 3.59. The monoisotopic (exact) mass is 422 g/mol. The third-order valence-corrected chi connectivity index (χ3v) is 7.96. The summed E-state index contributed by atoms with van der Waals surface area (Å²) >= 11 is 0.809. The van der Waals surface area contributed by atoms with Crippen molar-refractivity contribution in [3.8, 4) is 0 Å². The Morgan fingerprint density at radius 2 is 1.89 bits per heavy atom. The number of carbonyl (C=O) groups is 1. The number of nitrogens with one attached hydrogen (secondary N) is 1. The fourth-order valence-corrected chi connectivity index (χ4v) is 5.81. The molecule has 2 fully saturated rings. The van der Waals surface area contributed by atoms with Gasteiger partial charge in [0, 0.05) is 6.26 Å². The molecule has 0 aliphatic heterocycles. The molecule has 1 aromatic carbocycles. The fraction of sp³-hybridized carbons (Fsp3) is 0.500. The van der Waals surface area contributed by atoms with Gasteiger partial charge in [-0.15, -0.1) is 0 Å². The summed E-state index contributed by atoms with van der Waals surface area (Å²) in [5.41, 5.74) is 0.130. The average Bonchev–Trinajstić information content (AvgIpc) is 3.32. The Labute approximate surface area is 168 Å². The maximum atomic E-state index is 13.3. The average molecular weight is 423 g/mol. The van der Waals surface area contributed by atoms with Gasteiger partial charge < -0.3 is 5.32 Å². The molecule has 2 aliphatic carbocycles. The van der Waals surface area contributed by atoms with E-state index in [2.05, 4.69) is 10.3 Å². The normalized spacial score (nSPS) is 25.4. The maximum Gasteiger partial charge on any atom is 0.237 e.